The average molecular weight is 270 g/mol. The summed E-state index contributed by atoms with van der Waals surface area (Å²) in [4.78, 5) is 0. The van der Waals surface area contributed by atoms with Gasteiger partial charge in [0.05, 0.1) is 7.11 Å². The summed E-state index contributed by atoms with van der Waals surface area (Å²) in [5, 5.41) is 0. The Kier molecular flexibility index (Phi) is 6.26. The third-order valence-corrected chi connectivity index (χ3v) is 3.93. The van der Waals surface area contributed by atoms with Crippen molar-refractivity contribution in [3.63, 3.8) is 0 Å². The van der Waals surface area contributed by atoms with Crippen LogP contribution in [0.15, 0.2) is 24.3 Å². The molecule has 0 unspecified atom stereocenters. The topological polar surface area (TPSA) is 9.23 Å². The molecule has 1 aromatic carbocycles. The molecular weight excluding hydrogens is 246 g/mol. The molecule has 1 aromatic rings. The second-order valence-electron chi connectivity index (χ2n) is 5.81. The highest BCUT2D eigenvalue weighted by Gasteiger charge is 2.27. The molecule has 0 radical (unpaired) electrons. The number of rotatable bonds is 2. The molecular formula is C16H24F2O. The molecule has 1 aliphatic carbocycles. The first-order chi connectivity index (χ1) is 9.02. The van der Waals surface area contributed by atoms with Crippen LogP contribution in [0.1, 0.15) is 51.0 Å². The van der Waals surface area contributed by atoms with E-state index in [9.17, 15) is 8.78 Å². The van der Waals surface area contributed by atoms with Gasteiger partial charge in [0.1, 0.15) is 5.75 Å². The first kappa shape index (κ1) is 15.9. The van der Waals surface area contributed by atoms with Crippen molar-refractivity contribution in [2.45, 2.75) is 45.4 Å². The van der Waals surface area contributed by atoms with Crippen LogP contribution in [-0.2, 0) is 0 Å². The largest absolute Gasteiger partial charge is 0.497 e. The van der Waals surface area contributed by atoms with Crippen molar-refractivity contribution in [1.82, 2.24) is 0 Å². The predicted molar refractivity (Wildman–Crippen MR) is 75.1 cm³/mol. The van der Waals surface area contributed by atoms with Crippen molar-refractivity contribution in [3.05, 3.63) is 29.8 Å². The summed E-state index contributed by atoms with van der Waals surface area (Å²) >= 11 is 0. The molecule has 3 heteroatoms. The Morgan fingerprint density at radius 3 is 2.00 bits per heavy atom. The van der Waals surface area contributed by atoms with Gasteiger partial charge in [-0.1, -0.05) is 26.0 Å². The summed E-state index contributed by atoms with van der Waals surface area (Å²) in [7, 11) is 1.72. The molecule has 1 nitrogen and oxygen atoms in total. The summed E-state index contributed by atoms with van der Waals surface area (Å²) in [6, 6.07) is 8.60. The van der Waals surface area contributed by atoms with Crippen LogP contribution in [0.2, 0.25) is 0 Å². The number of benzene rings is 1. The van der Waals surface area contributed by atoms with E-state index in [1.807, 2.05) is 0 Å². The normalized spacial score (nSPS) is 18.4. The number of ether oxygens (including phenoxy) is 1. The van der Waals surface area contributed by atoms with Crippen molar-refractivity contribution in [3.8, 4) is 5.75 Å². The molecule has 108 valence electrons. The molecule has 0 aliphatic heterocycles. The monoisotopic (exact) mass is 270 g/mol. The minimum atomic E-state index is -1.75. The number of halogens is 2. The lowest BCUT2D eigenvalue weighted by Gasteiger charge is -2.34. The average Bonchev–Trinajstić information content (AvgIpc) is 2.40. The summed E-state index contributed by atoms with van der Waals surface area (Å²) in [6.07, 6.45) is 5.37. The molecule has 1 fully saturated rings. The zero-order valence-electron chi connectivity index (χ0n) is 12.1. The van der Waals surface area contributed by atoms with Gasteiger partial charge in [-0.15, -0.1) is 0 Å². The van der Waals surface area contributed by atoms with Crippen molar-refractivity contribution in [2.24, 2.45) is 5.41 Å². The summed E-state index contributed by atoms with van der Waals surface area (Å²) in [6.45, 7) is 3.02. The van der Waals surface area contributed by atoms with E-state index in [-0.39, 0.29) is 0 Å². The van der Waals surface area contributed by atoms with E-state index in [0.717, 1.165) is 11.7 Å². The molecule has 0 atom stereocenters. The van der Waals surface area contributed by atoms with Crippen molar-refractivity contribution in [2.75, 3.05) is 14.0 Å². The van der Waals surface area contributed by atoms with E-state index in [2.05, 4.69) is 38.1 Å². The van der Waals surface area contributed by atoms with Gasteiger partial charge in [0.2, 0.25) is 6.93 Å². The first-order valence-corrected chi connectivity index (χ1v) is 6.78. The fourth-order valence-electron chi connectivity index (χ4n) is 2.61. The van der Waals surface area contributed by atoms with Crippen molar-refractivity contribution >= 4 is 0 Å². The number of hydrogen-bond donors (Lipinski definition) is 0. The highest BCUT2D eigenvalue weighted by Crippen LogP contribution is 2.42. The van der Waals surface area contributed by atoms with Gasteiger partial charge in [-0.3, -0.25) is 0 Å². The van der Waals surface area contributed by atoms with Crippen LogP contribution in [-0.4, -0.2) is 14.0 Å². The maximum atomic E-state index is 9.62. The van der Waals surface area contributed by atoms with E-state index >= 15 is 0 Å². The van der Waals surface area contributed by atoms with Gasteiger partial charge in [0.15, 0.2) is 0 Å². The van der Waals surface area contributed by atoms with E-state index in [0.29, 0.717) is 5.41 Å². The number of methoxy groups -OCH3 is 1. The van der Waals surface area contributed by atoms with Gasteiger partial charge in [-0.25, -0.2) is 8.78 Å². The highest BCUT2D eigenvalue weighted by atomic mass is 19.3. The smallest absolute Gasteiger partial charge is 0.229 e. The van der Waals surface area contributed by atoms with E-state index in [1.165, 1.54) is 31.2 Å². The lowest BCUT2D eigenvalue weighted by molar-refractivity contribution is 0.224. The zero-order valence-corrected chi connectivity index (χ0v) is 12.1. The first-order valence-electron chi connectivity index (χ1n) is 6.78. The minimum absolute atomic E-state index is 0.559. The third kappa shape index (κ3) is 5.17. The molecule has 0 saturated heterocycles. The van der Waals surface area contributed by atoms with Crippen LogP contribution in [0, 0.1) is 5.41 Å². The van der Waals surface area contributed by atoms with Crippen molar-refractivity contribution in [1.29, 1.82) is 0 Å². The Labute approximate surface area is 115 Å². The molecule has 1 saturated carbocycles. The van der Waals surface area contributed by atoms with Crippen LogP contribution >= 0.6 is 0 Å². The van der Waals surface area contributed by atoms with Gasteiger partial charge in [-0.05, 0) is 54.7 Å². The molecule has 0 spiro atoms. The Morgan fingerprint density at radius 1 is 1.11 bits per heavy atom. The number of hydrogen-bond acceptors (Lipinski definition) is 1. The van der Waals surface area contributed by atoms with Crippen LogP contribution in [0.5, 0.6) is 5.75 Å². The second-order valence-corrected chi connectivity index (χ2v) is 5.81. The molecule has 1 aliphatic rings. The minimum Gasteiger partial charge on any atom is -0.497 e. The fourth-order valence-corrected chi connectivity index (χ4v) is 2.61. The molecule has 0 N–H and O–H groups in total. The van der Waals surface area contributed by atoms with Gasteiger partial charge in [0.25, 0.3) is 0 Å². The SMILES string of the molecule is COc1ccc(C2CCC(C)(C)CC2)cc1.FCF. The molecule has 2 rings (SSSR count). The molecule has 19 heavy (non-hydrogen) atoms. The van der Waals surface area contributed by atoms with E-state index < -0.39 is 6.93 Å². The standard InChI is InChI=1S/C15H22O.CH2F2/c1-15(2)10-8-13(9-11-15)12-4-6-14(16-3)7-5-12;2-1-3/h4-7,13H,8-11H2,1-3H3;1H2. The summed E-state index contributed by atoms with van der Waals surface area (Å²) < 4.78 is 24.4. The zero-order chi connectivity index (χ0) is 14.3. The van der Waals surface area contributed by atoms with Gasteiger partial charge in [0, 0.05) is 0 Å². The maximum absolute atomic E-state index is 9.62. The second kappa shape index (κ2) is 7.46. The van der Waals surface area contributed by atoms with Crippen molar-refractivity contribution < 1.29 is 13.5 Å². The molecule has 0 bridgehead atoms. The van der Waals surface area contributed by atoms with Crippen LogP contribution in [0.25, 0.3) is 0 Å². The number of alkyl halides is 2. The highest BCUT2D eigenvalue weighted by molar-refractivity contribution is 5.29. The Balaban J connectivity index is 0.000000550. The molecule has 0 aromatic heterocycles. The Bertz CT molecular complexity index is 350. The summed E-state index contributed by atoms with van der Waals surface area (Å²) in [5.74, 6) is 1.72. The van der Waals surface area contributed by atoms with Crippen LogP contribution in [0.4, 0.5) is 8.78 Å². The summed E-state index contributed by atoms with van der Waals surface area (Å²) in [5.41, 5.74) is 2.04. The van der Waals surface area contributed by atoms with Gasteiger partial charge < -0.3 is 4.74 Å². The molecule has 0 amide bonds. The third-order valence-electron chi connectivity index (χ3n) is 3.93. The predicted octanol–water partition coefficient (Wildman–Crippen LogP) is 5.26. The molecule has 0 heterocycles. The van der Waals surface area contributed by atoms with E-state index in [4.69, 9.17) is 4.74 Å². The maximum Gasteiger partial charge on any atom is 0.229 e. The van der Waals surface area contributed by atoms with Gasteiger partial charge >= 0.3 is 0 Å². The fraction of sp³-hybridized carbons (Fsp3) is 0.625. The lowest BCUT2D eigenvalue weighted by Crippen LogP contribution is -2.20. The van der Waals surface area contributed by atoms with Crippen LogP contribution < -0.4 is 4.74 Å². The Hall–Kier alpha value is -1.12. The van der Waals surface area contributed by atoms with Crippen LogP contribution in [0.3, 0.4) is 0 Å². The van der Waals surface area contributed by atoms with Gasteiger partial charge in [-0.2, -0.15) is 0 Å². The quantitative estimate of drug-likeness (QED) is 0.712. The lowest BCUT2D eigenvalue weighted by atomic mass is 9.71. The van der Waals surface area contributed by atoms with E-state index in [1.54, 1.807) is 7.11 Å². The Morgan fingerprint density at radius 2 is 1.58 bits per heavy atom.